The molecule has 4 nitrogen and oxygen atoms in total. The van der Waals surface area contributed by atoms with Gasteiger partial charge >= 0.3 is 6.18 Å². The van der Waals surface area contributed by atoms with E-state index in [1.165, 1.54) is 17.4 Å². The molecule has 0 saturated heterocycles. The zero-order valence-electron chi connectivity index (χ0n) is 9.95. The maximum atomic E-state index is 12.3. The molecule has 2 rings (SSSR count). The first kappa shape index (κ1) is 13.6. The van der Waals surface area contributed by atoms with Crippen molar-refractivity contribution >= 4 is 22.3 Å². The fraction of sp³-hybridized carbons (Fsp3) is 0.273. The third-order valence-electron chi connectivity index (χ3n) is 2.31. The molecule has 0 aliphatic heterocycles. The minimum atomic E-state index is -4.36. The largest absolute Gasteiger partial charge is 0.417 e. The Hall–Kier alpha value is -1.83. The highest BCUT2D eigenvalue weighted by Gasteiger charge is 2.30. The topological polar surface area (TPSA) is 49.8 Å². The van der Waals surface area contributed by atoms with Crippen LogP contribution >= 0.6 is 11.3 Å². The quantitative estimate of drug-likeness (QED) is 0.907. The van der Waals surface area contributed by atoms with Crippen molar-refractivity contribution < 1.29 is 13.2 Å². The second-order valence-corrected chi connectivity index (χ2v) is 4.54. The number of nitrogens with zero attached hydrogens (tertiary/aromatic N) is 2. The first-order valence-electron chi connectivity index (χ1n) is 5.38. The lowest BCUT2D eigenvalue weighted by Crippen LogP contribution is -2.07. The van der Waals surface area contributed by atoms with Crippen LogP contribution in [0.25, 0.3) is 0 Å². The van der Waals surface area contributed by atoms with Gasteiger partial charge < -0.3 is 10.6 Å². The van der Waals surface area contributed by atoms with Crippen LogP contribution in [0.5, 0.6) is 0 Å². The molecule has 0 radical (unpaired) electrons. The zero-order valence-corrected chi connectivity index (χ0v) is 10.8. The van der Waals surface area contributed by atoms with Gasteiger partial charge in [0.05, 0.1) is 17.8 Å². The summed E-state index contributed by atoms with van der Waals surface area (Å²) in [5.74, 6) is 0.381. The summed E-state index contributed by atoms with van der Waals surface area (Å²) >= 11 is 1.46. The monoisotopic (exact) mass is 288 g/mol. The molecule has 2 aromatic heterocycles. The molecule has 2 heterocycles. The average Bonchev–Trinajstić information content (AvgIpc) is 2.84. The Labute approximate surface area is 111 Å². The van der Waals surface area contributed by atoms with Gasteiger partial charge in [-0.2, -0.15) is 13.2 Å². The number of hydrogen-bond acceptors (Lipinski definition) is 5. The number of thiazole rings is 1. The van der Waals surface area contributed by atoms with Crippen LogP contribution in [0.4, 0.5) is 24.1 Å². The highest BCUT2D eigenvalue weighted by Crippen LogP contribution is 2.28. The lowest BCUT2D eigenvalue weighted by Gasteiger charge is -2.07. The fourth-order valence-corrected chi connectivity index (χ4v) is 2.02. The fourth-order valence-electron chi connectivity index (χ4n) is 1.35. The second kappa shape index (κ2) is 5.43. The van der Waals surface area contributed by atoms with Crippen molar-refractivity contribution in [1.29, 1.82) is 0 Å². The van der Waals surface area contributed by atoms with Crippen LogP contribution in [0, 0.1) is 0 Å². The van der Waals surface area contributed by atoms with Crippen molar-refractivity contribution in [3.8, 4) is 0 Å². The van der Waals surface area contributed by atoms with Crippen LogP contribution in [0.1, 0.15) is 11.3 Å². The summed E-state index contributed by atoms with van der Waals surface area (Å²) < 4.78 is 37.0. The van der Waals surface area contributed by atoms with Gasteiger partial charge in [-0.05, 0) is 12.1 Å². The first-order valence-corrected chi connectivity index (χ1v) is 6.26. The number of hydrogen-bond donors (Lipinski definition) is 2. The van der Waals surface area contributed by atoms with Crippen molar-refractivity contribution in [2.45, 2.75) is 12.7 Å². The summed E-state index contributed by atoms with van der Waals surface area (Å²) in [7, 11) is 1.77. The van der Waals surface area contributed by atoms with Crippen LogP contribution < -0.4 is 10.6 Å². The van der Waals surface area contributed by atoms with E-state index in [0.29, 0.717) is 12.4 Å². The molecule has 19 heavy (non-hydrogen) atoms. The van der Waals surface area contributed by atoms with Crippen molar-refractivity contribution in [2.24, 2.45) is 0 Å². The lowest BCUT2D eigenvalue weighted by molar-refractivity contribution is -0.137. The normalized spacial score (nSPS) is 11.4. The summed E-state index contributed by atoms with van der Waals surface area (Å²) in [6.07, 6.45) is -3.55. The van der Waals surface area contributed by atoms with Crippen LogP contribution in [0.15, 0.2) is 23.7 Å². The van der Waals surface area contributed by atoms with E-state index in [9.17, 15) is 13.2 Å². The molecule has 0 aliphatic carbocycles. The van der Waals surface area contributed by atoms with Gasteiger partial charge in [0, 0.05) is 18.6 Å². The molecule has 8 heteroatoms. The summed E-state index contributed by atoms with van der Waals surface area (Å²) in [6, 6.07) is 2.30. The van der Waals surface area contributed by atoms with E-state index < -0.39 is 11.7 Å². The van der Waals surface area contributed by atoms with E-state index in [-0.39, 0.29) is 0 Å². The average molecular weight is 288 g/mol. The smallest absolute Gasteiger partial charge is 0.365 e. The molecular weight excluding hydrogens is 277 g/mol. The third kappa shape index (κ3) is 3.57. The minimum Gasteiger partial charge on any atom is -0.365 e. The first-order chi connectivity index (χ1) is 8.99. The number of aromatic nitrogens is 2. The van der Waals surface area contributed by atoms with Gasteiger partial charge in [-0.3, -0.25) is 0 Å². The Morgan fingerprint density at radius 1 is 1.32 bits per heavy atom. The van der Waals surface area contributed by atoms with Gasteiger partial charge in [-0.15, -0.1) is 11.3 Å². The van der Waals surface area contributed by atoms with Crippen LogP contribution in [-0.2, 0) is 12.7 Å². The minimum absolute atomic E-state index is 0.381. The van der Waals surface area contributed by atoms with Crippen LogP contribution in [0.2, 0.25) is 0 Å². The molecule has 0 unspecified atom stereocenters. The maximum Gasteiger partial charge on any atom is 0.417 e. The van der Waals surface area contributed by atoms with E-state index in [4.69, 9.17) is 0 Å². The molecule has 0 spiro atoms. The van der Waals surface area contributed by atoms with Crippen LogP contribution in [-0.4, -0.2) is 17.0 Å². The number of alkyl halides is 3. The van der Waals surface area contributed by atoms with Gasteiger partial charge in [-0.25, -0.2) is 9.97 Å². The van der Waals surface area contributed by atoms with Gasteiger partial charge in [0.25, 0.3) is 0 Å². The Bertz CT molecular complexity index is 536. The number of pyridine rings is 1. The summed E-state index contributed by atoms with van der Waals surface area (Å²) in [4.78, 5) is 7.95. The van der Waals surface area contributed by atoms with E-state index in [1.807, 2.05) is 5.38 Å². The highest BCUT2D eigenvalue weighted by molar-refractivity contribution is 7.13. The molecular formula is C11H11F3N4S. The number of rotatable bonds is 4. The molecule has 0 fully saturated rings. The van der Waals surface area contributed by atoms with E-state index in [2.05, 4.69) is 20.6 Å². The molecule has 2 N–H and O–H groups in total. The predicted octanol–water partition coefficient (Wildman–Crippen LogP) is 3.21. The number of anilines is 2. The van der Waals surface area contributed by atoms with Gasteiger partial charge in [0.15, 0.2) is 5.13 Å². The Kier molecular flexibility index (Phi) is 3.89. The van der Waals surface area contributed by atoms with Crippen molar-refractivity contribution in [3.05, 3.63) is 35.0 Å². The summed E-state index contributed by atoms with van der Waals surface area (Å²) in [6.45, 7) is 0.413. The van der Waals surface area contributed by atoms with Crippen molar-refractivity contribution in [3.63, 3.8) is 0 Å². The third-order valence-corrected chi connectivity index (χ3v) is 3.22. The standard InChI is InChI=1S/C11H11F3N4S/c1-15-10-18-8(6-19-10)5-17-9-3-2-7(4-16-9)11(12,13)14/h2-4,6H,5H2,1H3,(H,15,18)(H,16,17). The number of halogens is 3. The Balaban J connectivity index is 1.96. The lowest BCUT2D eigenvalue weighted by atomic mass is 10.3. The highest BCUT2D eigenvalue weighted by atomic mass is 32.1. The second-order valence-electron chi connectivity index (χ2n) is 3.68. The molecule has 0 bridgehead atoms. The molecule has 0 amide bonds. The van der Waals surface area contributed by atoms with Gasteiger partial charge in [0.2, 0.25) is 0 Å². The number of nitrogens with one attached hydrogen (secondary N) is 2. The van der Waals surface area contributed by atoms with E-state index in [0.717, 1.165) is 23.1 Å². The van der Waals surface area contributed by atoms with Crippen molar-refractivity contribution in [1.82, 2.24) is 9.97 Å². The maximum absolute atomic E-state index is 12.3. The predicted molar refractivity (Wildman–Crippen MR) is 68.2 cm³/mol. The van der Waals surface area contributed by atoms with Gasteiger partial charge in [0.1, 0.15) is 5.82 Å². The molecule has 0 aromatic carbocycles. The van der Waals surface area contributed by atoms with E-state index >= 15 is 0 Å². The summed E-state index contributed by atoms with van der Waals surface area (Å²) in [5, 5.41) is 8.48. The van der Waals surface area contributed by atoms with Crippen LogP contribution in [0.3, 0.4) is 0 Å². The van der Waals surface area contributed by atoms with Gasteiger partial charge in [-0.1, -0.05) is 0 Å². The zero-order chi connectivity index (χ0) is 13.9. The van der Waals surface area contributed by atoms with E-state index in [1.54, 1.807) is 7.05 Å². The summed E-state index contributed by atoms with van der Waals surface area (Å²) in [5.41, 5.74) is 0.0419. The molecule has 102 valence electrons. The molecule has 0 atom stereocenters. The Morgan fingerprint density at radius 3 is 2.63 bits per heavy atom. The van der Waals surface area contributed by atoms with Crippen molar-refractivity contribution in [2.75, 3.05) is 17.7 Å². The Morgan fingerprint density at radius 2 is 2.11 bits per heavy atom. The SMILES string of the molecule is CNc1nc(CNc2ccc(C(F)(F)F)cn2)cs1. The molecule has 0 saturated carbocycles. The molecule has 0 aliphatic rings. The molecule has 2 aromatic rings.